The number of benzene rings is 3. The summed E-state index contributed by atoms with van der Waals surface area (Å²) in [4.78, 5) is 24.7. The number of carbonyl (C=O) groups excluding carboxylic acids is 2. The highest BCUT2D eigenvalue weighted by atomic mass is 127. The molecule has 26 heavy (non-hydrogen) atoms. The van der Waals surface area contributed by atoms with E-state index in [1.807, 2.05) is 48.5 Å². The molecule has 0 aliphatic carbocycles. The number of amides is 2. The molecule has 0 radical (unpaired) electrons. The van der Waals surface area contributed by atoms with Crippen molar-refractivity contribution in [1.82, 2.24) is 0 Å². The number of carbonyl (C=O) groups is 2. The van der Waals surface area contributed by atoms with Gasteiger partial charge in [0, 0.05) is 3.57 Å². The number of fused-ring (bicyclic) bond motifs is 1. The summed E-state index contributed by atoms with van der Waals surface area (Å²) >= 11 is 2.15. The highest BCUT2D eigenvalue weighted by Gasteiger charge is 2.16. The van der Waals surface area contributed by atoms with Crippen molar-refractivity contribution in [3.63, 3.8) is 0 Å². The van der Waals surface area contributed by atoms with E-state index in [2.05, 4.69) is 33.2 Å². The highest BCUT2D eigenvalue weighted by Crippen LogP contribution is 2.25. The van der Waals surface area contributed by atoms with Gasteiger partial charge < -0.3 is 15.4 Å². The average Bonchev–Trinajstić information content (AvgIpc) is 2.63. The summed E-state index contributed by atoms with van der Waals surface area (Å²) in [5.41, 5.74) is 1.43. The van der Waals surface area contributed by atoms with E-state index in [9.17, 15) is 9.59 Å². The number of para-hydroxylation sites is 1. The number of ether oxygens (including phenoxy) is 1. The Kier molecular flexibility index (Phi) is 5.72. The van der Waals surface area contributed by atoms with Crippen molar-refractivity contribution in [3.8, 4) is 0 Å². The molecule has 2 amide bonds. The van der Waals surface area contributed by atoms with Crippen LogP contribution in [0.2, 0.25) is 0 Å². The number of urea groups is 1. The third-order valence-electron chi connectivity index (χ3n) is 3.75. The Bertz CT molecular complexity index is 972. The number of halogens is 1. The van der Waals surface area contributed by atoms with Gasteiger partial charge in [0.2, 0.25) is 0 Å². The third kappa shape index (κ3) is 4.13. The maximum absolute atomic E-state index is 12.4. The molecule has 0 aliphatic heterocycles. The molecule has 0 spiro atoms. The molecule has 0 aliphatic rings. The molecule has 2 N–H and O–H groups in total. The Balaban J connectivity index is 1.92. The highest BCUT2D eigenvalue weighted by molar-refractivity contribution is 14.1. The zero-order chi connectivity index (χ0) is 18.5. The van der Waals surface area contributed by atoms with Crippen LogP contribution >= 0.6 is 22.6 Å². The SMILES string of the molecule is CCOC(=O)c1cc2ccccc2cc1NC(=O)Nc1ccccc1I. The van der Waals surface area contributed by atoms with Gasteiger partial charge in [-0.05, 0) is 64.6 Å². The van der Waals surface area contributed by atoms with E-state index in [0.717, 1.165) is 14.3 Å². The van der Waals surface area contributed by atoms with Gasteiger partial charge in [-0.3, -0.25) is 0 Å². The van der Waals surface area contributed by atoms with Crippen LogP contribution < -0.4 is 10.6 Å². The molecule has 0 heterocycles. The van der Waals surface area contributed by atoms with Crippen LogP contribution in [0.5, 0.6) is 0 Å². The fourth-order valence-corrected chi connectivity index (χ4v) is 3.08. The first-order valence-corrected chi connectivity index (χ1v) is 9.19. The van der Waals surface area contributed by atoms with E-state index >= 15 is 0 Å². The van der Waals surface area contributed by atoms with Crippen molar-refractivity contribution >= 4 is 56.7 Å². The van der Waals surface area contributed by atoms with Crippen LogP contribution in [-0.2, 0) is 4.74 Å². The molecule has 0 unspecified atom stereocenters. The van der Waals surface area contributed by atoms with E-state index in [1.165, 1.54) is 0 Å². The molecule has 0 saturated heterocycles. The van der Waals surface area contributed by atoms with Gasteiger partial charge >= 0.3 is 12.0 Å². The molecule has 132 valence electrons. The smallest absolute Gasteiger partial charge is 0.340 e. The first-order chi connectivity index (χ1) is 12.6. The van der Waals surface area contributed by atoms with Crippen molar-refractivity contribution in [3.05, 3.63) is 69.8 Å². The Hall–Kier alpha value is -2.61. The summed E-state index contributed by atoms with van der Waals surface area (Å²) in [5.74, 6) is -0.470. The van der Waals surface area contributed by atoms with E-state index < -0.39 is 12.0 Å². The molecule has 3 aromatic carbocycles. The molecular weight excluding hydrogens is 443 g/mol. The number of nitrogens with one attached hydrogen (secondary N) is 2. The van der Waals surface area contributed by atoms with Crippen LogP contribution in [0.25, 0.3) is 10.8 Å². The normalized spacial score (nSPS) is 10.4. The van der Waals surface area contributed by atoms with Crippen molar-refractivity contribution in [2.24, 2.45) is 0 Å². The van der Waals surface area contributed by atoms with Crippen molar-refractivity contribution < 1.29 is 14.3 Å². The molecule has 6 heteroatoms. The molecule has 0 bridgehead atoms. The van der Waals surface area contributed by atoms with E-state index in [0.29, 0.717) is 16.9 Å². The number of hydrogen-bond acceptors (Lipinski definition) is 3. The molecule has 0 fully saturated rings. The molecule has 5 nitrogen and oxygen atoms in total. The Morgan fingerprint density at radius 1 is 0.923 bits per heavy atom. The van der Waals surface area contributed by atoms with Crippen molar-refractivity contribution in [2.45, 2.75) is 6.92 Å². The number of esters is 1. The van der Waals surface area contributed by atoms with Crippen LogP contribution in [0.3, 0.4) is 0 Å². The molecule has 0 aromatic heterocycles. The van der Waals surface area contributed by atoms with Crippen LogP contribution in [0.1, 0.15) is 17.3 Å². The lowest BCUT2D eigenvalue weighted by molar-refractivity contribution is 0.0528. The zero-order valence-corrected chi connectivity index (χ0v) is 16.2. The van der Waals surface area contributed by atoms with Gasteiger partial charge in [-0.25, -0.2) is 9.59 Å². The van der Waals surface area contributed by atoms with Crippen molar-refractivity contribution in [2.75, 3.05) is 17.2 Å². The predicted octanol–water partition coefficient (Wildman–Crippen LogP) is 5.27. The Morgan fingerprint density at radius 3 is 2.23 bits per heavy atom. The van der Waals surface area contributed by atoms with E-state index in [4.69, 9.17) is 4.74 Å². The van der Waals surface area contributed by atoms with Crippen LogP contribution in [0, 0.1) is 3.57 Å². The topological polar surface area (TPSA) is 67.4 Å². The second-order valence-electron chi connectivity index (χ2n) is 5.52. The van der Waals surface area contributed by atoms with Crippen LogP contribution in [0.15, 0.2) is 60.7 Å². The van der Waals surface area contributed by atoms with Gasteiger partial charge in [0.1, 0.15) is 0 Å². The van der Waals surface area contributed by atoms with Crippen LogP contribution in [-0.4, -0.2) is 18.6 Å². The summed E-state index contributed by atoms with van der Waals surface area (Å²) < 4.78 is 6.05. The van der Waals surface area contributed by atoms with Gasteiger partial charge in [0.05, 0.1) is 23.5 Å². The van der Waals surface area contributed by atoms with E-state index in [-0.39, 0.29) is 6.61 Å². The van der Waals surface area contributed by atoms with E-state index in [1.54, 1.807) is 19.1 Å². The first-order valence-electron chi connectivity index (χ1n) is 8.11. The maximum atomic E-state index is 12.4. The van der Waals surface area contributed by atoms with Gasteiger partial charge in [-0.1, -0.05) is 36.4 Å². The monoisotopic (exact) mass is 460 g/mol. The fourth-order valence-electron chi connectivity index (χ4n) is 2.56. The largest absolute Gasteiger partial charge is 0.462 e. The molecular formula is C20H17IN2O3. The zero-order valence-electron chi connectivity index (χ0n) is 14.1. The summed E-state index contributed by atoms with van der Waals surface area (Å²) in [6.07, 6.45) is 0. The number of rotatable bonds is 4. The third-order valence-corrected chi connectivity index (χ3v) is 4.69. The van der Waals surface area contributed by atoms with Crippen molar-refractivity contribution in [1.29, 1.82) is 0 Å². The summed E-state index contributed by atoms with van der Waals surface area (Å²) in [6.45, 7) is 2.01. The van der Waals surface area contributed by atoms with Crippen LogP contribution in [0.4, 0.5) is 16.2 Å². The first kappa shape index (κ1) is 18.2. The number of hydrogen-bond donors (Lipinski definition) is 2. The second-order valence-corrected chi connectivity index (χ2v) is 6.69. The minimum atomic E-state index is -0.470. The predicted molar refractivity (Wildman–Crippen MR) is 112 cm³/mol. The lowest BCUT2D eigenvalue weighted by Crippen LogP contribution is -2.22. The van der Waals surface area contributed by atoms with Gasteiger partial charge in [0.15, 0.2) is 0 Å². The molecule has 3 aromatic rings. The minimum Gasteiger partial charge on any atom is -0.462 e. The van der Waals surface area contributed by atoms with Gasteiger partial charge in [-0.2, -0.15) is 0 Å². The average molecular weight is 460 g/mol. The lowest BCUT2D eigenvalue weighted by Gasteiger charge is -2.13. The molecule has 0 atom stereocenters. The Morgan fingerprint density at radius 2 is 1.54 bits per heavy atom. The molecule has 0 saturated carbocycles. The maximum Gasteiger partial charge on any atom is 0.340 e. The second kappa shape index (κ2) is 8.18. The lowest BCUT2D eigenvalue weighted by atomic mass is 10.0. The summed E-state index contributed by atoms with van der Waals surface area (Å²) in [5, 5.41) is 7.38. The Labute approximate surface area is 164 Å². The number of anilines is 2. The fraction of sp³-hybridized carbons (Fsp3) is 0.100. The minimum absolute atomic E-state index is 0.263. The van der Waals surface area contributed by atoms with Gasteiger partial charge in [0.25, 0.3) is 0 Å². The van der Waals surface area contributed by atoms with Gasteiger partial charge in [-0.15, -0.1) is 0 Å². The summed E-state index contributed by atoms with van der Waals surface area (Å²) in [6, 6.07) is 18.2. The standard InChI is InChI=1S/C20H17IN2O3/c1-2-26-19(24)15-11-13-7-3-4-8-14(13)12-18(15)23-20(25)22-17-10-6-5-9-16(17)21/h3-12H,2H2,1H3,(H2,22,23,25). The molecule has 3 rings (SSSR count). The summed E-state index contributed by atoms with van der Waals surface area (Å²) in [7, 11) is 0. The quantitative estimate of drug-likeness (QED) is 0.412.